The van der Waals surface area contributed by atoms with E-state index >= 15 is 0 Å². The van der Waals surface area contributed by atoms with E-state index in [-0.39, 0.29) is 6.10 Å². The molecule has 2 N–H and O–H groups in total. The number of hydrogen-bond acceptors (Lipinski definition) is 3. The minimum absolute atomic E-state index is 0.0646. The Bertz CT molecular complexity index is 453. The molecule has 5 nitrogen and oxygen atoms in total. The van der Waals surface area contributed by atoms with Gasteiger partial charge in [0.25, 0.3) is 0 Å². The predicted octanol–water partition coefficient (Wildman–Crippen LogP) is 3.16. The summed E-state index contributed by atoms with van der Waals surface area (Å²) < 4.78 is 24.0. The first-order valence-corrected chi connectivity index (χ1v) is 7.11. The number of anilines is 1. The molecule has 0 aliphatic rings. The number of carbonyl (C=O) groups excluding carboxylic acids is 1. The van der Waals surface area contributed by atoms with Crippen LogP contribution in [0, 0.1) is 5.82 Å². The zero-order valence-electron chi connectivity index (χ0n) is 12.7. The molecule has 0 spiro atoms. The molecule has 1 aromatic rings. The molecular weight excluding hydrogens is 275 g/mol. The Morgan fingerprint density at radius 3 is 2.81 bits per heavy atom. The van der Waals surface area contributed by atoms with Crippen LogP contribution in [0.2, 0.25) is 0 Å². The second-order valence-electron chi connectivity index (χ2n) is 4.74. The van der Waals surface area contributed by atoms with E-state index in [0.717, 1.165) is 6.42 Å². The molecule has 1 aromatic carbocycles. The van der Waals surface area contributed by atoms with Crippen molar-refractivity contribution in [1.82, 2.24) is 5.32 Å². The summed E-state index contributed by atoms with van der Waals surface area (Å²) in [6, 6.07) is 3.63. The van der Waals surface area contributed by atoms with Gasteiger partial charge in [0.2, 0.25) is 0 Å². The van der Waals surface area contributed by atoms with E-state index < -0.39 is 11.8 Å². The summed E-state index contributed by atoms with van der Waals surface area (Å²) in [5.41, 5.74) is 0.311. The molecule has 0 saturated carbocycles. The van der Waals surface area contributed by atoms with E-state index in [0.29, 0.717) is 31.2 Å². The summed E-state index contributed by atoms with van der Waals surface area (Å²) >= 11 is 0. The van der Waals surface area contributed by atoms with Crippen molar-refractivity contribution in [2.24, 2.45) is 0 Å². The van der Waals surface area contributed by atoms with E-state index in [4.69, 9.17) is 9.47 Å². The molecule has 1 rings (SSSR count). The van der Waals surface area contributed by atoms with Gasteiger partial charge >= 0.3 is 6.03 Å². The van der Waals surface area contributed by atoms with Crippen LogP contribution in [-0.2, 0) is 4.74 Å². The van der Waals surface area contributed by atoms with Gasteiger partial charge in [0.1, 0.15) is 11.6 Å². The zero-order chi connectivity index (χ0) is 15.7. The normalized spacial score (nSPS) is 10.5. The first kappa shape index (κ1) is 17.2. The molecule has 0 saturated heterocycles. The van der Waals surface area contributed by atoms with Gasteiger partial charge in [-0.2, -0.15) is 0 Å². The fraction of sp³-hybridized carbons (Fsp3) is 0.533. The van der Waals surface area contributed by atoms with Gasteiger partial charge in [0, 0.05) is 25.8 Å². The monoisotopic (exact) mass is 298 g/mol. The lowest BCUT2D eigenvalue weighted by atomic mass is 10.2. The number of rotatable bonds is 8. The largest absolute Gasteiger partial charge is 0.489 e. The molecule has 0 heterocycles. The topological polar surface area (TPSA) is 59.6 Å². The molecule has 0 fully saturated rings. The number of halogens is 1. The fourth-order valence-corrected chi connectivity index (χ4v) is 1.64. The van der Waals surface area contributed by atoms with Gasteiger partial charge in [-0.25, -0.2) is 9.18 Å². The Labute approximate surface area is 124 Å². The lowest BCUT2D eigenvalue weighted by molar-refractivity contribution is 0.145. The first-order valence-electron chi connectivity index (χ1n) is 7.11. The highest BCUT2D eigenvalue weighted by atomic mass is 19.1. The Kier molecular flexibility index (Phi) is 7.53. The zero-order valence-corrected chi connectivity index (χ0v) is 12.7. The summed E-state index contributed by atoms with van der Waals surface area (Å²) in [7, 11) is 0. The standard InChI is InChI=1S/C15H23FN2O3/c1-4-20-9-5-8-17-15(19)18-13-10-12(16)6-7-14(13)21-11(2)3/h6-7,10-11H,4-5,8-9H2,1-3H3,(H2,17,18,19). The smallest absolute Gasteiger partial charge is 0.319 e. The summed E-state index contributed by atoms with van der Waals surface area (Å²) in [6.45, 7) is 7.38. The van der Waals surface area contributed by atoms with E-state index in [1.165, 1.54) is 18.2 Å². The molecule has 21 heavy (non-hydrogen) atoms. The van der Waals surface area contributed by atoms with Gasteiger partial charge < -0.3 is 20.1 Å². The Morgan fingerprint density at radius 1 is 1.38 bits per heavy atom. The quantitative estimate of drug-likeness (QED) is 0.725. The summed E-state index contributed by atoms with van der Waals surface area (Å²) in [6.07, 6.45) is 0.657. The Balaban J connectivity index is 2.52. The van der Waals surface area contributed by atoms with Crippen molar-refractivity contribution in [3.63, 3.8) is 0 Å². The number of ether oxygens (including phenoxy) is 2. The van der Waals surface area contributed by atoms with E-state index in [9.17, 15) is 9.18 Å². The van der Waals surface area contributed by atoms with E-state index in [1.807, 2.05) is 20.8 Å². The molecule has 0 unspecified atom stereocenters. The third-order valence-electron chi connectivity index (χ3n) is 2.51. The molecule has 0 bridgehead atoms. The van der Waals surface area contributed by atoms with Crippen LogP contribution < -0.4 is 15.4 Å². The van der Waals surface area contributed by atoms with Crippen LogP contribution in [0.5, 0.6) is 5.75 Å². The van der Waals surface area contributed by atoms with Crippen molar-refractivity contribution >= 4 is 11.7 Å². The molecule has 0 radical (unpaired) electrons. The number of benzene rings is 1. The molecule has 0 atom stereocenters. The summed E-state index contributed by atoms with van der Waals surface area (Å²) in [5, 5.41) is 5.27. The minimum Gasteiger partial charge on any atom is -0.489 e. The second kappa shape index (κ2) is 9.18. The minimum atomic E-state index is -0.433. The van der Waals surface area contributed by atoms with Crippen LogP contribution in [0.15, 0.2) is 18.2 Å². The van der Waals surface area contributed by atoms with Crippen LogP contribution >= 0.6 is 0 Å². The highest BCUT2D eigenvalue weighted by Crippen LogP contribution is 2.26. The molecule has 2 amide bonds. The van der Waals surface area contributed by atoms with Crippen molar-refractivity contribution in [2.75, 3.05) is 25.1 Å². The van der Waals surface area contributed by atoms with Crippen molar-refractivity contribution in [2.45, 2.75) is 33.3 Å². The number of urea groups is 1. The van der Waals surface area contributed by atoms with Crippen LogP contribution in [0.4, 0.5) is 14.9 Å². The summed E-state index contributed by atoms with van der Waals surface area (Å²) in [4.78, 5) is 11.8. The van der Waals surface area contributed by atoms with Gasteiger partial charge in [-0.1, -0.05) is 0 Å². The number of hydrogen-bond donors (Lipinski definition) is 2. The van der Waals surface area contributed by atoms with Gasteiger partial charge in [-0.15, -0.1) is 0 Å². The average molecular weight is 298 g/mol. The van der Waals surface area contributed by atoms with Crippen molar-refractivity contribution in [3.8, 4) is 5.75 Å². The van der Waals surface area contributed by atoms with Gasteiger partial charge in [-0.3, -0.25) is 0 Å². The van der Waals surface area contributed by atoms with Gasteiger partial charge in [0.15, 0.2) is 0 Å². The molecule has 118 valence electrons. The molecule has 0 aromatic heterocycles. The van der Waals surface area contributed by atoms with Gasteiger partial charge in [0.05, 0.1) is 11.8 Å². The lowest BCUT2D eigenvalue weighted by Crippen LogP contribution is -2.30. The third-order valence-corrected chi connectivity index (χ3v) is 2.51. The SMILES string of the molecule is CCOCCCNC(=O)Nc1cc(F)ccc1OC(C)C. The van der Waals surface area contributed by atoms with E-state index in [1.54, 1.807) is 0 Å². The van der Waals surface area contributed by atoms with Crippen LogP contribution in [-0.4, -0.2) is 31.9 Å². The molecular formula is C15H23FN2O3. The predicted molar refractivity (Wildman–Crippen MR) is 80.3 cm³/mol. The maximum Gasteiger partial charge on any atom is 0.319 e. The number of amides is 2. The Morgan fingerprint density at radius 2 is 2.14 bits per heavy atom. The molecule has 6 heteroatoms. The van der Waals surface area contributed by atoms with E-state index in [2.05, 4.69) is 10.6 Å². The average Bonchev–Trinajstić information content (AvgIpc) is 2.41. The third kappa shape index (κ3) is 6.94. The van der Waals surface area contributed by atoms with Crippen LogP contribution in [0.1, 0.15) is 27.2 Å². The highest BCUT2D eigenvalue weighted by molar-refractivity contribution is 5.90. The van der Waals surface area contributed by atoms with Crippen molar-refractivity contribution in [1.29, 1.82) is 0 Å². The van der Waals surface area contributed by atoms with Crippen LogP contribution in [0.3, 0.4) is 0 Å². The highest BCUT2D eigenvalue weighted by Gasteiger charge is 2.10. The van der Waals surface area contributed by atoms with Crippen LogP contribution in [0.25, 0.3) is 0 Å². The lowest BCUT2D eigenvalue weighted by Gasteiger charge is -2.15. The summed E-state index contributed by atoms with van der Waals surface area (Å²) in [5.74, 6) is 0.00798. The molecule has 0 aliphatic heterocycles. The first-order chi connectivity index (χ1) is 10.0. The maximum atomic E-state index is 13.3. The molecule has 0 aliphatic carbocycles. The van der Waals surface area contributed by atoms with Gasteiger partial charge in [-0.05, 0) is 39.3 Å². The number of nitrogens with one attached hydrogen (secondary N) is 2. The second-order valence-corrected chi connectivity index (χ2v) is 4.74. The number of carbonyl (C=O) groups is 1. The fourth-order valence-electron chi connectivity index (χ4n) is 1.64. The van der Waals surface area contributed by atoms with Crippen molar-refractivity contribution < 1.29 is 18.7 Å². The maximum absolute atomic E-state index is 13.3. The Hall–Kier alpha value is -1.82. The van der Waals surface area contributed by atoms with Crippen molar-refractivity contribution in [3.05, 3.63) is 24.0 Å².